The van der Waals surface area contributed by atoms with Crippen LogP contribution in [0.15, 0.2) is 48.5 Å². The van der Waals surface area contributed by atoms with Crippen molar-refractivity contribution < 1.29 is 19.4 Å². The van der Waals surface area contributed by atoms with Crippen molar-refractivity contribution in [2.45, 2.75) is 31.9 Å². The van der Waals surface area contributed by atoms with E-state index in [1.54, 1.807) is 47.4 Å². The first kappa shape index (κ1) is 17.2. The van der Waals surface area contributed by atoms with Crippen molar-refractivity contribution in [3.63, 3.8) is 0 Å². The van der Waals surface area contributed by atoms with Gasteiger partial charge in [0.05, 0.1) is 24.8 Å². The number of amides is 1. The van der Waals surface area contributed by atoms with Crippen LogP contribution in [0.4, 0.5) is 5.69 Å². The van der Waals surface area contributed by atoms with Crippen LogP contribution >= 0.6 is 0 Å². The predicted molar refractivity (Wildman–Crippen MR) is 94.9 cm³/mol. The van der Waals surface area contributed by atoms with E-state index in [1.165, 1.54) is 7.11 Å². The van der Waals surface area contributed by atoms with E-state index in [0.29, 0.717) is 22.6 Å². The number of ketones is 1. The minimum atomic E-state index is -1.86. The first-order chi connectivity index (χ1) is 11.9. The van der Waals surface area contributed by atoms with Gasteiger partial charge in [-0.05, 0) is 32.0 Å². The summed E-state index contributed by atoms with van der Waals surface area (Å²) < 4.78 is 5.22. The summed E-state index contributed by atoms with van der Waals surface area (Å²) >= 11 is 0. The van der Waals surface area contributed by atoms with Crippen molar-refractivity contribution in [3.05, 3.63) is 59.7 Å². The van der Waals surface area contributed by atoms with Gasteiger partial charge >= 0.3 is 0 Å². The van der Waals surface area contributed by atoms with E-state index in [2.05, 4.69) is 0 Å². The average molecular weight is 339 g/mol. The molecule has 0 radical (unpaired) electrons. The Morgan fingerprint density at radius 2 is 1.80 bits per heavy atom. The normalized spacial score (nSPS) is 19.2. The number of anilines is 1. The van der Waals surface area contributed by atoms with Crippen LogP contribution in [0.1, 0.15) is 36.2 Å². The molecule has 1 aliphatic rings. The van der Waals surface area contributed by atoms with Gasteiger partial charge < -0.3 is 14.7 Å². The van der Waals surface area contributed by atoms with Crippen LogP contribution in [0.25, 0.3) is 0 Å². The van der Waals surface area contributed by atoms with Crippen LogP contribution in [0.3, 0.4) is 0 Å². The van der Waals surface area contributed by atoms with Crippen LogP contribution in [-0.4, -0.2) is 29.9 Å². The smallest absolute Gasteiger partial charge is 0.264 e. The maximum Gasteiger partial charge on any atom is 0.264 e. The summed E-state index contributed by atoms with van der Waals surface area (Å²) in [6.45, 7) is 3.75. The van der Waals surface area contributed by atoms with Gasteiger partial charge in [-0.2, -0.15) is 0 Å². The molecule has 0 fully saturated rings. The van der Waals surface area contributed by atoms with Gasteiger partial charge in [0, 0.05) is 11.6 Å². The zero-order valence-electron chi connectivity index (χ0n) is 14.5. The molecule has 5 heteroatoms. The van der Waals surface area contributed by atoms with Gasteiger partial charge in [-0.3, -0.25) is 9.59 Å². The van der Waals surface area contributed by atoms with Crippen LogP contribution in [0, 0.1) is 0 Å². The van der Waals surface area contributed by atoms with Crippen LogP contribution in [-0.2, 0) is 10.4 Å². The maximum absolute atomic E-state index is 12.9. The highest BCUT2D eigenvalue weighted by Crippen LogP contribution is 2.44. The van der Waals surface area contributed by atoms with Gasteiger partial charge in [0.1, 0.15) is 5.75 Å². The molecule has 0 spiro atoms. The Hall–Kier alpha value is -2.66. The van der Waals surface area contributed by atoms with E-state index in [-0.39, 0.29) is 18.2 Å². The highest BCUT2D eigenvalue weighted by atomic mass is 16.5. The van der Waals surface area contributed by atoms with E-state index in [0.717, 1.165) is 0 Å². The van der Waals surface area contributed by atoms with E-state index in [4.69, 9.17) is 4.74 Å². The fraction of sp³-hybridized carbons (Fsp3) is 0.300. The average Bonchev–Trinajstić information content (AvgIpc) is 2.83. The van der Waals surface area contributed by atoms with Crippen molar-refractivity contribution in [1.82, 2.24) is 0 Å². The Morgan fingerprint density at radius 3 is 2.48 bits per heavy atom. The summed E-state index contributed by atoms with van der Waals surface area (Å²) in [7, 11) is 1.48. The lowest BCUT2D eigenvalue weighted by Crippen LogP contribution is -2.44. The number of carbonyl (C=O) groups excluding carboxylic acids is 2. The van der Waals surface area contributed by atoms with Gasteiger partial charge in [0.25, 0.3) is 5.91 Å². The fourth-order valence-corrected chi connectivity index (χ4v) is 3.34. The number of hydrogen-bond donors (Lipinski definition) is 1. The molecule has 1 aliphatic heterocycles. The molecule has 3 rings (SSSR count). The number of nitrogens with zero attached hydrogens (tertiary/aromatic N) is 1. The number of ether oxygens (including phenoxy) is 1. The molecule has 0 bridgehead atoms. The zero-order valence-corrected chi connectivity index (χ0v) is 14.5. The van der Waals surface area contributed by atoms with Gasteiger partial charge in [0.2, 0.25) is 0 Å². The van der Waals surface area contributed by atoms with Crippen molar-refractivity contribution in [2.24, 2.45) is 0 Å². The number of hydrogen-bond acceptors (Lipinski definition) is 4. The maximum atomic E-state index is 12.9. The van der Waals surface area contributed by atoms with E-state index in [9.17, 15) is 14.7 Å². The monoisotopic (exact) mass is 339 g/mol. The number of Topliss-reactive ketones (excluding diaryl/α,β-unsaturated/α-hetero) is 1. The molecular weight excluding hydrogens is 318 g/mol. The standard InChI is InChI=1S/C20H21NO4/c1-13(2)21-16-10-6-5-9-15(16)20(24,19(21)23)12-17(22)14-8-4-7-11-18(14)25-3/h4-11,13,24H,12H2,1-3H3/t20-/m1/s1. The molecule has 2 aromatic carbocycles. The third kappa shape index (κ3) is 2.70. The molecule has 0 aromatic heterocycles. The first-order valence-corrected chi connectivity index (χ1v) is 8.22. The number of methoxy groups -OCH3 is 1. The molecule has 0 saturated carbocycles. The lowest BCUT2D eigenvalue weighted by atomic mass is 9.88. The van der Waals surface area contributed by atoms with Gasteiger partial charge in [0.15, 0.2) is 11.4 Å². The Morgan fingerprint density at radius 1 is 1.16 bits per heavy atom. The SMILES string of the molecule is COc1ccccc1C(=O)C[C@]1(O)C(=O)N(C(C)C)c2ccccc21. The Balaban J connectivity index is 2.02. The fourth-order valence-electron chi connectivity index (χ4n) is 3.34. The van der Waals surface area contributed by atoms with Crippen molar-refractivity contribution in [2.75, 3.05) is 12.0 Å². The van der Waals surface area contributed by atoms with Gasteiger partial charge in [-0.25, -0.2) is 0 Å². The Bertz CT molecular complexity index is 830. The molecule has 0 unspecified atom stereocenters. The van der Waals surface area contributed by atoms with Crippen LogP contribution in [0.5, 0.6) is 5.75 Å². The van der Waals surface area contributed by atoms with E-state index >= 15 is 0 Å². The number of aliphatic hydroxyl groups is 1. The minimum absolute atomic E-state index is 0.121. The highest BCUT2D eigenvalue weighted by molar-refractivity contribution is 6.11. The lowest BCUT2D eigenvalue weighted by molar-refractivity contribution is -0.136. The first-order valence-electron chi connectivity index (χ1n) is 8.22. The van der Waals surface area contributed by atoms with Crippen molar-refractivity contribution in [3.8, 4) is 5.75 Å². The van der Waals surface area contributed by atoms with E-state index in [1.807, 2.05) is 19.9 Å². The highest BCUT2D eigenvalue weighted by Gasteiger charge is 2.51. The second kappa shape index (κ2) is 6.33. The molecule has 1 heterocycles. The number of rotatable bonds is 5. The molecule has 130 valence electrons. The largest absolute Gasteiger partial charge is 0.496 e. The molecular formula is C20H21NO4. The second-order valence-corrected chi connectivity index (χ2v) is 6.45. The Kier molecular flexibility index (Phi) is 4.35. The van der Waals surface area contributed by atoms with Crippen LogP contribution < -0.4 is 9.64 Å². The van der Waals surface area contributed by atoms with Crippen molar-refractivity contribution in [1.29, 1.82) is 0 Å². The molecule has 1 amide bonds. The van der Waals surface area contributed by atoms with E-state index < -0.39 is 11.5 Å². The predicted octanol–water partition coefficient (Wildman–Crippen LogP) is 2.91. The Labute approximate surface area is 146 Å². The van der Waals surface area contributed by atoms with Crippen LogP contribution in [0.2, 0.25) is 0 Å². The molecule has 1 N–H and O–H groups in total. The number of fused-ring (bicyclic) bond motifs is 1. The number of carbonyl (C=O) groups is 2. The number of benzene rings is 2. The summed E-state index contributed by atoms with van der Waals surface area (Å²) in [5.74, 6) is -0.379. The third-order valence-corrected chi connectivity index (χ3v) is 4.52. The third-order valence-electron chi connectivity index (χ3n) is 4.52. The summed E-state index contributed by atoms with van der Waals surface area (Å²) in [4.78, 5) is 27.3. The topological polar surface area (TPSA) is 66.8 Å². The quantitative estimate of drug-likeness (QED) is 0.851. The zero-order chi connectivity index (χ0) is 18.2. The van der Waals surface area contributed by atoms with Gasteiger partial charge in [-0.15, -0.1) is 0 Å². The summed E-state index contributed by atoms with van der Waals surface area (Å²) in [6.07, 6.45) is -0.327. The molecule has 1 atom stereocenters. The summed E-state index contributed by atoms with van der Waals surface area (Å²) in [6, 6.07) is 13.8. The molecule has 25 heavy (non-hydrogen) atoms. The molecule has 0 aliphatic carbocycles. The van der Waals surface area contributed by atoms with Crippen molar-refractivity contribution >= 4 is 17.4 Å². The van der Waals surface area contributed by atoms with Gasteiger partial charge in [-0.1, -0.05) is 30.3 Å². The minimum Gasteiger partial charge on any atom is -0.496 e. The summed E-state index contributed by atoms with van der Waals surface area (Å²) in [5.41, 5.74) is -0.389. The molecule has 0 saturated heterocycles. The molecule has 2 aromatic rings. The summed E-state index contributed by atoms with van der Waals surface area (Å²) in [5, 5.41) is 11.2. The number of para-hydroxylation sites is 2. The second-order valence-electron chi connectivity index (χ2n) is 6.45. The molecule has 5 nitrogen and oxygen atoms in total. The lowest BCUT2D eigenvalue weighted by Gasteiger charge is -2.25.